The van der Waals surface area contributed by atoms with E-state index in [1.54, 1.807) is 12.1 Å². The molecule has 0 saturated carbocycles. The van der Waals surface area contributed by atoms with E-state index in [2.05, 4.69) is 32.7 Å². The molecule has 8 nitrogen and oxygen atoms in total. The van der Waals surface area contributed by atoms with Crippen LogP contribution in [0.4, 0.5) is 0 Å². The lowest BCUT2D eigenvalue weighted by Gasteiger charge is -2.12. The number of hydrogen-bond donors (Lipinski definition) is 2. The van der Waals surface area contributed by atoms with E-state index in [1.165, 1.54) is 6.26 Å². The average Bonchev–Trinajstić information content (AvgIpc) is 2.97. The summed E-state index contributed by atoms with van der Waals surface area (Å²) in [5.74, 6) is 2.41. The number of hydrogen-bond acceptors (Lipinski definition) is 5. The lowest BCUT2D eigenvalue weighted by Crippen LogP contribution is -2.39. The number of nitrogens with zero attached hydrogens (tertiary/aromatic N) is 4. The van der Waals surface area contributed by atoms with Crippen LogP contribution in [0.1, 0.15) is 37.0 Å². The maximum absolute atomic E-state index is 11.5. The van der Waals surface area contributed by atoms with Crippen molar-refractivity contribution in [1.29, 1.82) is 0 Å². The molecule has 0 fully saturated rings. The summed E-state index contributed by atoms with van der Waals surface area (Å²) >= 11 is 0. The van der Waals surface area contributed by atoms with E-state index in [4.69, 9.17) is 0 Å². The summed E-state index contributed by atoms with van der Waals surface area (Å²) < 4.78 is 25.0. The van der Waals surface area contributed by atoms with Gasteiger partial charge in [-0.25, -0.2) is 13.4 Å². The Balaban J connectivity index is 0.00000420. The molecule has 1 aromatic carbocycles. The van der Waals surface area contributed by atoms with Crippen molar-refractivity contribution in [3.05, 3.63) is 41.5 Å². The van der Waals surface area contributed by atoms with Crippen molar-refractivity contribution < 1.29 is 8.42 Å². The Bertz CT molecular complexity index is 894. The highest BCUT2D eigenvalue weighted by molar-refractivity contribution is 14.0. The fourth-order valence-corrected chi connectivity index (χ4v) is 3.16. The predicted octanol–water partition coefficient (Wildman–Crippen LogP) is 2.22. The summed E-state index contributed by atoms with van der Waals surface area (Å²) in [7, 11) is -1.23. The first kappa shape index (κ1) is 25.3. The van der Waals surface area contributed by atoms with E-state index in [-0.39, 0.29) is 24.0 Å². The van der Waals surface area contributed by atoms with E-state index in [0.29, 0.717) is 18.0 Å². The summed E-state index contributed by atoms with van der Waals surface area (Å²) in [4.78, 5) is 4.95. The molecular formula is C19H31IN6O2S. The minimum Gasteiger partial charge on any atom is -0.356 e. The number of rotatable bonds is 9. The Morgan fingerprint density at radius 1 is 1.14 bits per heavy atom. The monoisotopic (exact) mass is 534 g/mol. The summed E-state index contributed by atoms with van der Waals surface area (Å²) in [6, 6.07) is 6.99. The number of halogens is 1. The highest BCUT2D eigenvalue weighted by Crippen LogP contribution is 2.10. The van der Waals surface area contributed by atoms with Crippen LogP contribution in [0.25, 0.3) is 0 Å². The van der Waals surface area contributed by atoms with Crippen molar-refractivity contribution in [2.45, 2.75) is 44.6 Å². The van der Waals surface area contributed by atoms with Crippen LogP contribution in [0.5, 0.6) is 0 Å². The van der Waals surface area contributed by atoms with Crippen LogP contribution in [0.2, 0.25) is 0 Å². The van der Waals surface area contributed by atoms with Gasteiger partial charge in [0.2, 0.25) is 0 Å². The van der Waals surface area contributed by atoms with Gasteiger partial charge >= 0.3 is 0 Å². The quantitative estimate of drug-likeness (QED) is 0.222. The van der Waals surface area contributed by atoms with Gasteiger partial charge in [0.1, 0.15) is 12.4 Å². The molecule has 0 amide bonds. The zero-order chi connectivity index (χ0) is 20.6. The van der Waals surface area contributed by atoms with Crippen molar-refractivity contribution in [2.24, 2.45) is 12.0 Å². The molecule has 0 aliphatic rings. The molecule has 0 aliphatic heterocycles. The van der Waals surface area contributed by atoms with Gasteiger partial charge in [-0.05, 0) is 37.5 Å². The van der Waals surface area contributed by atoms with Gasteiger partial charge in [0.25, 0.3) is 0 Å². The van der Waals surface area contributed by atoms with E-state index in [9.17, 15) is 8.42 Å². The normalized spacial score (nSPS) is 11.8. The fourth-order valence-electron chi connectivity index (χ4n) is 2.52. The standard InChI is InChI=1S/C19H30N6O2S.HI/c1-5-6-12-20-19(22-14-18-24-23-15(2)25(18)3)21-13-11-16-7-9-17(10-8-16)28(4,26)27;/h7-10H,5-6,11-14H2,1-4H3,(H2,20,21,22);1H. The van der Waals surface area contributed by atoms with Crippen LogP contribution in [-0.4, -0.2) is 48.5 Å². The van der Waals surface area contributed by atoms with Crippen LogP contribution >= 0.6 is 24.0 Å². The van der Waals surface area contributed by atoms with Gasteiger partial charge in [0, 0.05) is 26.4 Å². The first-order valence-electron chi connectivity index (χ1n) is 9.47. The molecule has 0 atom stereocenters. The van der Waals surface area contributed by atoms with Gasteiger partial charge in [0.05, 0.1) is 4.90 Å². The molecule has 0 radical (unpaired) electrons. The number of nitrogens with one attached hydrogen (secondary N) is 2. The van der Waals surface area contributed by atoms with E-state index < -0.39 is 9.84 Å². The number of aryl methyl sites for hydroxylation is 1. The maximum Gasteiger partial charge on any atom is 0.191 e. The Hall–Kier alpha value is -1.69. The Kier molecular flexibility index (Phi) is 10.6. The van der Waals surface area contributed by atoms with Crippen molar-refractivity contribution in [2.75, 3.05) is 19.3 Å². The Labute approximate surface area is 190 Å². The number of aliphatic imine (C=N–C) groups is 1. The minimum absolute atomic E-state index is 0. The molecule has 2 rings (SSSR count). The third kappa shape index (κ3) is 8.29. The zero-order valence-electron chi connectivity index (χ0n) is 17.5. The summed E-state index contributed by atoms with van der Waals surface area (Å²) in [6.45, 7) is 6.04. The highest BCUT2D eigenvalue weighted by Gasteiger charge is 2.07. The number of unbranched alkanes of at least 4 members (excludes halogenated alkanes) is 1. The molecule has 2 aromatic rings. The van der Waals surface area contributed by atoms with Gasteiger partial charge in [-0.1, -0.05) is 25.5 Å². The lowest BCUT2D eigenvalue weighted by atomic mass is 10.1. The summed E-state index contributed by atoms with van der Waals surface area (Å²) in [5, 5.41) is 14.9. The van der Waals surface area contributed by atoms with Gasteiger partial charge in [-0.2, -0.15) is 0 Å². The highest BCUT2D eigenvalue weighted by atomic mass is 127. The number of benzene rings is 1. The fraction of sp³-hybridized carbons (Fsp3) is 0.526. The topological polar surface area (TPSA) is 101 Å². The van der Waals surface area contributed by atoms with Crippen molar-refractivity contribution in [3.8, 4) is 0 Å². The van der Waals surface area contributed by atoms with Crippen LogP contribution in [0.3, 0.4) is 0 Å². The number of sulfone groups is 1. The Morgan fingerprint density at radius 2 is 1.79 bits per heavy atom. The largest absolute Gasteiger partial charge is 0.356 e. The maximum atomic E-state index is 11.5. The van der Waals surface area contributed by atoms with Gasteiger partial charge in [-0.3, -0.25) is 0 Å². The second-order valence-electron chi connectivity index (χ2n) is 6.76. The molecule has 0 saturated heterocycles. The van der Waals surface area contributed by atoms with Crippen LogP contribution < -0.4 is 10.6 Å². The predicted molar refractivity (Wildman–Crippen MR) is 126 cm³/mol. The van der Waals surface area contributed by atoms with Crippen molar-refractivity contribution in [1.82, 2.24) is 25.4 Å². The molecule has 0 aliphatic carbocycles. The molecule has 2 N–H and O–H groups in total. The first-order valence-corrected chi connectivity index (χ1v) is 11.4. The second-order valence-corrected chi connectivity index (χ2v) is 8.78. The van der Waals surface area contributed by atoms with E-state index >= 15 is 0 Å². The van der Waals surface area contributed by atoms with Gasteiger partial charge in [-0.15, -0.1) is 34.2 Å². The van der Waals surface area contributed by atoms with E-state index in [0.717, 1.165) is 49.0 Å². The molecule has 1 aromatic heterocycles. The van der Waals surface area contributed by atoms with Crippen LogP contribution in [-0.2, 0) is 29.9 Å². The Morgan fingerprint density at radius 3 is 2.34 bits per heavy atom. The molecular weight excluding hydrogens is 503 g/mol. The lowest BCUT2D eigenvalue weighted by molar-refractivity contribution is 0.602. The molecule has 29 heavy (non-hydrogen) atoms. The third-order valence-electron chi connectivity index (χ3n) is 4.44. The van der Waals surface area contributed by atoms with Gasteiger partial charge < -0.3 is 15.2 Å². The number of aromatic nitrogens is 3. The smallest absolute Gasteiger partial charge is 0.191 e. The average molecular weight is 534 g/mol. The molecule has 0 unspecified atom stereocenters. The van der Waals surface area contributed by atoms with Gasteiger partial charge in [0.15, 0.2) is 21.6 Å². The second kappa shape index (κ2) is 12.1. The zero-order valence-corrected chi connectivity index (χ0v) is 20.6. The first-order chi connectivity index (χ1) is 13.3. The van der Waals surface area contributed by atoms with Crippen LogP contribution in [0.15, 0.2) is 34.2 Å². The SMILES string of the molecule is CCCCNC(=NCc1nnc(C)n1C)NCCc1ccc(S(C)(=O)=O)cc1.I. The third-order valence-corrected chi connectivity index (χ3v) is 5.57. The summed E-state index contributed by atoms with van der Waals surface area (Å²) in [6.07, 6.45) is 4.15. The van der Waals surface area contributed by atoms with Crippen LogP contribution in [0, 0.1) is 6.92 Å². The molecule has 0 bridgehead atoms. The molecule has 10 heteroatoms. The summed E-state index contributed by atoms with van der Waals surface area (Å²) in [5.41, 5.74) is 1.07. The molecule has 1 heterocycles. The van der Waals surface area contributed by atoms with Crippen molar-refractivity contribution >= 4 is 39.8 Å². The van der Waals surface area contributed by atoms with E-state index in [1.807, 2.05) is 30.7 Å². The number of guanidine groups is 1. The molecule has 162 valence electrons. The molecule has 0 spiro atoms. The minimum atomic E-state index is -3.16. The van der Waals surface area contributed by atoms with Crippen molar-refractivity contribution in [3.63, 3.8) is 0 Å².